The lowest BCUT2D eigenvalue weighted by atomic mass is 9.49. The number of thiocarbonyl (C=S) groups is 1. The van der Waals surface area contributed by atoms with Gasteiger partial charge < -0.3 is 9.47 Å². The Balaban J connectivity index is 1.36. The van der Waals surface area contributed by atoms with Gasteiger partial charge in [0.1, 0.15) is 0 Å². The molecular weight excluding hydrogens is 432 g/mol. The molecule has 31 heavy (non-hydrogen) atoms. The van der Waals surface area contributed by atoms with Crippen LogP contribution in [0.15, 0.2) is 23.1 Å². The summed E-state index contributed by atoms with van der Waals surface area (Å²) in [6, 6.07) is 5.48. The summed E-state index contributed by atoms with van der Waals surface area (Å²) in [7, 11) is 3.13. The van der Waals surface area contributed by atoms with Crippen molar-refractivity contribution < 1.29 is 19.1 Å². The molecule has 2 amide bonds. The molecule has 0 unspecified atom stereocenters. The van der Waals surface area contributed by atoms with Crippen LogP contribution in [0.4, 0.5) is 0 Å². The molecule has 5 aliphatic rings. The fourth-order valence-electron chi connectivity index (χ4n) is 6.34. The molecule has 164 valence electrons. The lowest BCUT2D eigenvalue weighted by Crippen LogP contribution is -2.57. The first kappa shape index (κ1) is 20.8. The Hall–Kier alpha value is -2.06. The molecule has 5 fully saturated rings. The number of nitrogens with one attached hydrogen (secondary N) is 1. The maximum atomic E-state index is 13.4. The molecule has 8 heteroatoms. The standard InChI is InChI=1S/C23H26N2O4S2/c1-28-17-5-3-4-16(19(17)29-2)9-18-20(26)25(22(30)31-18)24-21(27)23-10-13-6-14(11-23)8-15(7-13)12-23/h3-5,9,13-15H,6-8,10-12H2,1-2H3,(H,24,27)/b18-9+. The van der Waals surface area contributed by atoms with Crippen molar-refractivity contribution in [3.8, 4) is 11.5 Å². The molecule has 6 rings (SSSR count). The Morgan fingerprint density at radius 1 is 1.16 bits per heavy atom. The first-order valence-corrected chi connectivity index (χ1v) is 11.9. The molecule has 1 aromatic carbocycles. The number of carbonyl (C=O) groups excluding carboxylic acids is 2. The smallest absolute Gasteiger partial charge is 0.285 e. The minimum absolute atomic E-state index is 0.0388. The lowest BCUT2D eigenvalue weighted by molar-refractivity contribution is -0.152. The number of hydrogen-bond donors (Lipinski definition) is 1. The van der Waals surface area contributed by atoms with Crippen LogP contribution >= 0.6 is 24.0 Å². The molecule has 4 saturated carbocycles. The Morgan fingerprint density at radius 3 is 2.39 bits per heavy atom. The molecule has 6 nitrogen and oxygen atoms in total. The van der Waals surface area contributed by atoms with Crippen LogP contribution in [-0.4, -0.2) is 35.4 Å². The van der Waals surface area contributed by atoms with Crippen LogP contribution in [-0.2, 0) is 9.59 Å². The number of methoxy groups -OCH3 is 2. The summed E-state index contributed by atoms with van der Waals surface area (Å²) in [5, 5.41) is 1.25. The van der Waals surface area contributed by atoms with Crippen molar-refractivity contribution in [2.45, 2.75) is 38.5 Å². The molecule has 0 spiro atoms. The third kappa shape index (κ3) is 3.53. The quantitative estimate of drug-likeness (QED) is 0.528. The average molecular weight is 459 g/mol. The average Bonchev–Trinajstić information content (AvgIpc) is 3.00. The highest BCUT2D eigenvalue weighted by Crippen LogP contribution is 2.60. The van der Waals surface area contributed by atoms with Gasteiger partial charge in [0.25, 0.3) is 5.91 Å². The van der Waals surface area contributed by atoms with Crippen LogP contribution in [0.25, 0.3) is 6.08 Å². The Labute approximate surface area is 191 Å². The molecule has 4 aliphatic carbocycles. The van der Waals surface area contributed by atoms with Crippen molar-refractivity contribution in [3.05, 3.63) is 28.7 Å². The summed E-state index contributed by atoms with van der Waals surface area (Å²) in [6.45, 7) is 0. The van der Waals surface area contributed by atoms with E-state index in [0.29, 0.717) is 38.5 Å². The van der Waals surface area contributed by atoms with Gasteiger partial charge in [-0.2, -0.15) is 5.01 Å². The van der Waals surface area contributed by atoms with Gasteiger partial charge in [-0.05, 0) is 80.6 Å². The zero-order valence-electron chi connectivity index (χ0n) is 17.7. The van der Waals surface area contributed by atoms with Gasteiger partial charge in [0.05, 0.1) is 24.5 Å². The first-order chi connectivity index (χ1) is 14.9. The molecule has 1 heterocycles. The number of amides is 2. The number of benzene rings is 1. The van der Waals surface area contributed by atoms with Crippen LogP contribution in [0.2, 0.25) is 0 Å². The largest absolute Gasteiger partial charge is 0.493 e. The van der Waals surface area contributed by atoms with Crippen molar-refractivity contribution in [2.24, 2.45) is 23.2 Å². The number of ether oxygens (including phenoxy) is 2. The lowest BCUT2D eigenvalue weighted by Gasteiger charge is -2.55. The first-order valence-electron chi connectivity index (χ1n) is 10.7. The molecule has 0 aromatic heterocycles. The van der Waals surface area contributed by atoms with E-state index in [1.165, 1.54) is 36.0 Å². The predicted octanol–water partition coefficient (Wildman–Crippen LogP) is 4.15. The van der Waals surface area contributed by atoms with Crippen molar-refractivity contribution >= 4 is 46.2 Å². The van der Waals surface area contributed by atoms with E-state index in [0.717, 1.165) is 24.8 Å². The third-order valence-electron chi connectivity index (χ3n) is 7.25. The van der Waals surface area contributed by atoms with Crippen molar-refractivity contribution in [2.75, 3.05) is 14.2 Å². The molecule has 4 bridgehead atoms. The zero-order chi connectivity index (χ0) is 21.8. The van der Waals surface area contributed by atoms with Gasteiger partial charge >= 0.3 is 0 Å². The highest BCUT2D eigenvalue weighted by molar-refractivity contribution is 8.26. The Bertz CT molecular complexity index is 955. The van der Waals surface area contributed by atoms with Gasteiger partial charge in [-0.15, -0.1) is 0 Å². The molecule has 0 atom stereocenters. The van der Waals surface area contributed by atoms with E-state index in [4.69, 9.17) is 21.7 Å². The second-order valence-electron chi connectivity index (χ2n) is 9.24. The number of hydrazine groups is 1. The molecule has 1 aliphatic heterocycles. The molecule has 1 N–H and O–H groups in total. The van der Waals surface area contributed by atoms with E-state index >= 15 is 0 Å². The van der Waals surface area contributed by atoms with E-state index in [2.05, 4.69) is 5.43 Å². The summed E-state index contributed by atoms with van der Waals surface area (Å²) in [5.41, 5.74) is 3.27. The van der Waals surface area contributed by atoms with E-state index < -0.39 is 0 Å². The van der Waals surface area contributed by atoms with E-state index in [-0.39, 0.29) is 17.2 Å². The van der Waals surface area contributed by atoms with Crippen LogP contribution in [0.5, 0.6) is 11.5 Å². The topological polar surface area (TPSA) is 67.9 Å². The number of rotatable bonds is 5. The maximum Gasteiger partial charge on any atom is 0.285 e. The minimum Gasteiger partial charge on any atom is -0.493 e. The Kier molecular flexibility index (Phi) is 5.25. The fourth-order valence-corrected chi connectivity index (χ4v) is 7.51. The number of hydrogen-bond acceptors (Lipinski definition) is 6. The van der Waals surface area contributed by atoms with Crippen LogP contribution in [0.3, 0.4) is 0 Å². The number of carbonyl (C=O) groups is 2. The number of para-hydroxylation sites is 1. The zero-order valence-corrected chi connectivity index (χ0v) is 19.3. The molecular formula is C23H26N2O4S2. The highest BCUT2D eigenvalue weighted by Gasteiger charge is 2.55. The van der Waals surface area contributed by atoms with Gasteiger partial charge in [0.15, 0.2) is 15.8 Å². The SMILES string of the molecule is COc1cccc(/C=C2/SC(=S)N(NC(=O)C34CC5CC(CC(C5)C3)C4)C2=O)c1OC. The normalized spacial score (nSPS) is 32.6. The third-order valence-corrected chi connectivity index (χ3v) is 8.55. The van der Waals surface area contributed by atoms with E-state index in [9.17, 15) is 9.59 Å². The monoisotopic (exact) mass is 458 g/mol. The molecule has 1 saturated heterocycles. The summed E-state index contributed by atoms with van der Waals surface area (Å²) < 4.78 is 11.1. The van der Waals surface area contributed by atoms with Gasteiger partial charge in [-0.1, -0.05) is 23.9 Å². The highest BCUT2D eigenvalue weighted by atomic mass is 32.2. The van der Waals surface area contributed by atoms with Gasteiger partial charge in [-0.25, -0.2) is 0 Å². The van der Waals surface area contributed by atoms with Crippen LogP contribution < -0.4 is 14.9 Å². The second-order valence-corrected chi connectivity index (χ2v) is 10.9. The van der Waals surface area contributed by atoms with E-state index in [1.807, 2.05) is 12.1 Å². The molecule has 1 aromatic rings. The van der Waals surface area contributed by atoms with Gasteiger partial charge in [-0.3, -0.25) is 15.0 Å². The number of thioether (sulfide) groups is 1. The van der Waals surface area contributed by atoms with Crippen molar-refractivity contribution in [3.63, 3.8) is 0 Å². The van der Waals surface area contributed by atoms with Gasteiger partial charge in [0, 0.05) is 5.56 Å². The van der Waals surface area contributed by atoms with Crippen LogP contribution in [0, 0.1) is 23.2 Å². The van der Waals surface area contributed by atoms with Gasteiger partial charge in [0.2, 0.25) is 5.91 Å². The van der Waals surface area contributed by atoms with Crippen molar-refractivity contribution in [1.29, 1.82) is 0 Å². The minimum atomic E-state index is -0.336. The summed E-state index contributed by atoms with van der Waals surface area (Å²) in [5.74, 6) is 2.76. The summed E-state index contributed by atoms with van der Waals surface area (Å²) in [6.07, 6.45) is 8.34. The maximum absolute atomic E-state index is 13.4. The predicted molar refractivity (Wildman–Crippen MR) is 123 cm³/mol. The summed E-state index contributed by atoms with van der Waals surface area (Å²) >= 11 is 6.62. The second kappa shape index (κ2) is 7.81. The molecule has 0 radical (unpaired) electrons. The fraction of sp³-hybridized carbons (Fsp3) is 0.522. The Morgan fingerprint density at radius 2 is 1.81 bits per heavy atom. The summed E-state index contributed by atoms with van der Waals surface area (Å²) in [4.78, 5) is 26.9. The van der Waals surface area contributed by atoms with E-state index in [1.54, 1.807) is 26.4 Å². The van der Waals surface area contributed by atoms with Crippen molar-refractivity contribution in [1.82, 2.24) is 10.4 Å². The number of nitrogens with zero attached hydrogens (tertiary/aromatic N) is 1. The van der Waals surface area contributed by atoms with Crippen LogP contribution in [0.1, 0.15) is 44.1 Å².